The van der Waals surface area contributed by atoms with Gasteiger partial charge in [-0.2, -0.15) is 0 Å². The summed E-state index contributed by atoms with van der Waals surface area (Å²) in [6.07, 6.45) is 1.77. The van der Waals surface area contributed by atoms with Gasteiger partial charge < -0.3 is 10.3 Å². The molecule has 4 nitrogen and oxygen atoms in total. The number of aromatic amines is 1. The van der Waals surface area contributed by atoms with Crippen LogP contribution in [0.3, 0.4) is 0 Å². The number of benzene rings is 1. The second kappa shape index (κ2) is 3.78. The highest BCUT2D eigenvalue weighted by atomic mass is 32.2. The van der Waals surface area contributed by atoms with Crippen LogP contribution in [0.1, 0.15) is 5.69 Å². The summed E-state index contributed by atoms with van der Waals surface area (Å²) in [5.74, 6) is -0.210. The number of amides is 1. The average molecular weight is 243 g/mol. The van der Waals surface area contributed by atoms with Crippen molar-refractivity contribution in [3.05, 3.63) is 40.9 Å². The number of amidine groups is 1. The second-order valence-corrected chi connectivity index (χ2v) is 4.76. The van der Waals surface area contributed by atoms with Gasteiger partial charge in [0.2, 0.25) is 0 Å². The first kappa shape index (κ1) is 10.2. The number of nitrogens with one attached hydrogen (secondary N) is 3. The molecule has 2 aromatic rings. The van der Waals surface area contributed by atoms with Gasteiger partial charge in [-0.05, 0) is 35.4 Å². The Morgan fingerprint density at radius 2 is 2.12 bits per heavy atom. The van der Waals surface area contributed by atoms with Crippen molar-refractivity contribution in [3.63, 3.8) is 0 Å². The number of aromatic nitrogens is 1. The van der Waals surface area contributed by atoms with Gasteiger partial charge in [-0.3, -0.25) is 10.2 Å². The van der Waals surface area contributed by atoms with Crippen molar-refractivity contribution in [1.82, 2.24) is 10.3 Å². The molecule has 0 radical (unpaired) electrons. The number of carbonyl (C=O) groups is 1. The van der Waals surface area contributed by atoms with Crippen LogP contribution in [0.4, 0.5) is 0 Å². The topological polar surface area (TPSA) is 68.7 Å². The molecule has 1 aliphatic heterocycles. The minimum Gasteiger partial charge on any atom is -0.355 e. The van der Waals surface area contributed by atoms with Crippen molar-refractivity contribution in [1.29, 1.82) is 5.41 Å². The zero-order valence-electron chi connectivity index (χ0n) is 8.78. The van der Waals surface area contributed by atoms with E-state index in [1.54, 1.807) is 6.08 Å². The third-order valence-corrected chi connectivity index (χ3v) is 3.33. The Balaban J connectivity index is 2.02. The van der Waals surface area contributed by atoms with Crippen LogP contribution in [0.15, 0.2) is 35.2 Å². The number of rotatable bonds is 1. The lowest BCUT2D eigenvalue weighted by molar-refractivity contribution is -0.115. The Labute approximate surface area is 102 Å². The van der Waals surface area contributed by atoms with Crippen molar-refractivity contribution in [3.8, 4) is 0 Å². The summed E-state index contributed by atoms with van der Waals surface area (Å²) in [4.78, 5) is 15.2. The quantitative estimate of drug-likeness (QED) is 0.673. The fraction of sp³-hybridized carbons (Fsp3) is 0. The van der Waals surface area contributed by atoms with Crippen LogP contribution in [0.25, 0.3) is 17.0 Å². The van der Waals surface area contributed by atoms with E-state index in [0.29, 0.717) is 4.91 Å². The molecule has 17 heavy (non-hydrogen) atoms. The fourth-order valence-corrected chi connectivity index (χ4v) is 2.45. The van der Waals surface area contributed by atoms with Gasteiger partial charge in [-0.1, -0.05) is 18.2 Å². The predicted octanol–water partition coefficient (Wildman–Crippen LogP) is 2.31. The third-order valence-electron chi connectivity index (χ3n) is 2.50. The molecule has 2 heterocycles. The van der Waals surface area contributed by atoms with Crippen LogP contribution >= 0.6 is 11.8 Å². The summed E-state index contributed by atoms with van der Waals surface area (Å²) in [5.41, 5.74) is 1.91. The van der Waals surface area contributed by atoms with Gasteiger partial charge >= 0.3 is 0 Å². The van der Waals surface area contributed by atoms with Gasteiger partial charge in [0.15, 0.2) is 5.17 Å². The van der Waals surface area contributed by atoms with Crippen LogP contribution in [-0.4, -0.2) is 16.1 Å². The largest absolute Gasteiger partial charge is 0.355 e. The molecule has 1 amide bonds. The van der Waals surface area contributed by atoms with Crippen molar-refractivity contribution >= 4 is 39.8 Å². The molecular weight excluding hydrogens is 234 g/mol. The smallest absolute Gasteiger partial charge is 0.264 e. The van der Waals surface area contributed by atoms with Crippen LogP contribution < -0.4 is 5.32 Å². The molecule has 1 fully saturated rings. The first-order valence-corrected chi connectivity index (χ1v) is 5.91. The van der Waals surface area contributed by atoms with E-state index >= 15 is 0 Å². The summed E-state index contributed by atoms with van der Waals surface area (Å²) in [6.45, 7) is 0. The van der Waals surface area contributed by atoms with Gasteiger partial charge in [0.05, 0.1) is 4.91 Å². The molecule has 84 valence electrons. The van der Waals surface area contributed by atoms with Crippen molar-refractivity contribution in [2.45, 2.75) is 0 Å². The number of fused-ring (bicyclic) bond motifs is 1. The first-order valence-electron chi connectivity index (χ1n) is 5.09. The van der Waals surface area contributed by atoms with Crippen molar-refractivity contribution in [2.75, 3.05) is 0 Å². The molecule has 0 bridgehead atoms. The highest BCUT2D eigenvalue weighted by Gasteiger charge is 2.22. The van der Waals surface area contributed by atoms with E-state index in [0.717, 1.165) is 28.4 Å². The lowest BCUT2D eigenvalue weighted by Gasteiger charge is -1.89. The molecule has 3 rings (SSSR count). The van der Waals surface area contributed by atoms with E-state index in [-0.39, 0.29) is 11.1 Å². The molecule has 1 aromatic heterocycles. The monoisotopic (exact) mass is 243 g/mol. The maximum atomic E-state index is 11.4. The van der Waals surface area contributed by atoms with E-state index in [4.69, 9.17) is 5.41 Å². The summed E-state index contributed by atoms with van der Waals surface area (Å²) in [5, 5.41) is 11.1. The normalized spacial score (nSPS) is 18.0. The molecule has 1 saturated heterocycles. The zero-order chi connectivity index (χ0) is 11.8. The van der Waals surface area contributed by atoms with Crippen LogP contribution in [0.5, 0.6) is 0 Å². The Hall–Kier alpha value is -2.01. The SMILES string of the molecule is N=C1NC(=O)/C(=C/c2cc3ccccc3[nH]2)S1. The number of thioether (sulfide) groups is 1. The van der Waals surface area contributed by atoms with Crippen molar-refractivity contribution < 1.29 is 4.79 Å². The Morgan fingerprint density at radius 3 is 2.82 bits per heavy atom. The van der Waals surface area contributed by atoms with Gasteiger partial charge in [0.1, 0.15) is 0 Å². The predicted molar refractivity (Wildman–Crippen MR) is 69.7 cm³/mol. The summed E-state index contributed by atoms with van der Waals surface area (Å²) >= 11 is 1.14. The molecule has 0 atom stereocenters. The molecule has 0 unspecified atom stereocenters. The Morgan fingerprint density at radius 1 is 1.29 bits per heavy atom. The standard InChI is InChI=1S/C12H9N3OS/c13-12-15-11(16)10(17-12)6-8-5-7-3-1-2-4-9(7)14-8/h1-6,14H,(H2,13,15,16)/b10-6-. The second-order valence-electron chi connectivity index (χ2n) is 3.71. The summed E-state index contributed by atoms with van der Waals surface area (Å²) in [6, 6.07) is 9.92. The van der Waals surface area contributed by atoms with Gasteiger partial charge in [0.25, 0.3) is 5.91 Å². The highest BCUT2D eigenvalue weighted by molar-refractivity contribution is 8.18. The van der Waals surface area contributed by atoms with E-state index in [9.17, 15) is 4.79 Å². The molecule has 5 heteroatoms. The molecule has 1 aromatic carbocycles. The molecule has 0 aliphatic carbocycles. The van der Waals surface area contributed by atoms with E-state index in [1.165, 1.54) is 0 Å². The van der Waals surface area contributed by atoms with Gasteiger partial charge in [-0.25, -0.2) is 0 Å². The minimum absolute atomic E-state index is 0.178. The van der Waals surface area contributed by atoms with Crippen LogP contribution in [-0.2, 0) is 4.79 Å². The molecule has 0 spiro atoms. The van der Waals surface area contributed by atoms with E-state index < -0.39 is 0 Å². The van der Waals surface area contributed by atoms with E-state index in [2.05, 4.69) is 10.3 Å². The summed E-state index contributed by atoms with van der Waals surface area (Å²) < 4.78 is 0. The Bertz CT molecular complexity index is 624. The van der Waals surface area contributed by atoms with E-state index in [1.807, 2.05) is 30.3 Å². The molecule has 3 N–H and O–H groups in total. The molecular formula is C12H9N3OS. The van der Waals surface area contributed by atoms with Crippen molar-refractivity contribution in [2.24, 2.45) is 0 Å². The number of hydrogen-bond acceptors (Lipinski definition) is 3. The molecule has 1 aliphatic rings. The van der Waals surface area contributed by atoms with Crippen LogP contribution in [0, 0.1) is 5.41 Å². The number of para-hydroxylation sites is 1. The maximum Gasteiger partial charge on any atom is 0.264 e. The summed E-state index contributed by atoms with van der Waals surface area (Å²) in [7, 11) is 0. The zero-order valence-corrected chi connectivity index (χ0v) is 9.60. The number of hydrogen-bond donors (Lipinski definition) is 3. The van der Waals surface area contributed by atoms with Crippen LogP contribution in [0.2, 0.25) is 0 Å². The molecule has 0 saturated carbocycles. The maximum absolute atomic E-state index is 11.4. The average Bonchev–Trinajstić information content (AvgIpc) is 2.82. The lowest BCUT2D eigenvalue weighted by atomic mass is 10.2. The fourth-order valence-electron chi connectivity index (χ4n) is 1.76. The highest BCUT2D eigenvalue weighted by Crippen LogP contribution is 2.25. The van der Waals surface area contributed by atoms with Gasteiger partial charge in [-0.15, -0.1) is 0 Å². The van der Waals surface area contributed by atoms with Gasteiger partial charge in [0, 0.05) is 11.2 Å². The number of H-pyrrole nitrogens is 1. The minimum atomic E-state index is -0.210. The lowest BCUT2D eigenvalue weighted by Crippen LogP contribution is -2.18. The first-order chi connectivity index (χ1) is 8.22. The third kappa shape index (κ3) is 1.85. The Kier molecular flexibility index (Phi) is 2.26. The number of carbonyl (C=O) groups excluding carboxylic acids is 1.